The van der Waals surface area contributed by atoms with E-state index in [1.807, 2.05) is 18.2 Å². The zero-order valence-corrected chi connectivity index (χ0v) is 12.1. The second-order valence-corrected chi connectivity index (χ2v) is 4.43. The Labute approximate surface area is 122 Å². The van der Waals surface area contributed by atoms with E-state index in [-0.39, 0.29) is 0 Å². The number of hydrogen-bond donors (Lipinski definition) is 0. The molecule has 0 bridgehead atoms. The van der Waals surface area contributed by atoms with E-state index >= 15 is 0 Å². The first-order valence-corrected chi connectivity index (χ1v) is 6.43. The first-order valence-electron chi connectivity index (χ1n) is 6.43. The third-order valence-corrected chi connectivity index (χ3v) is 3.14. The van der Waals surface area contributed by atoms with Crippen LogP contribution in [0, 0.1) is 0 Å². The Bertz CT molecular complexity index is 677. The second kappa shape index (κ2) is 6.26. The van der Waals surface area contributed by atoms with Crippen LogP contribution in [0.15, 0.2) is 36.4 Å². The van der Waals surface area contributed by atoms with Gasteiger partial charge in [0.15, 0.2) is 6.10 Å². The summed E-state index contributed by atoms with van der Waals surface area (Å²) in [6.45, 7) is 1.47. The molecule has 0 fully saturated rings. The smallest absolute Gasteiger partial charge is 0.346 e. The predicted octanol–water partition coefficient (Wildman–Crippen LogP) is 2.57. The summed E-state index contributed by atoms with van der Waals surface area (Å²) in [5, 5.41) is 1.51. The second-order valence-electron chi connectivity index (χ2n) is 4.43. The third kappa shape index (κ3) is 2.97. The molecule has 2 rings (SSSR count). The van der Waals surface area contributed by atoms with E-state index < -0.39 is 18.0 Å². The standard InChI is InChI=1S/C16H16O5/c1-10(15(17)20-3)21-16(18)13-8-9-14(19-2)12-7-5-4-6-11(12)13/h4-10H,1-3H3/t10-/m0/s1. The molecule has 0 radical (unpaired) electrons. The molecule has 5 nitrogen and oxygen atoms in total. The van der Waals surface area contributed by atoms with Gasteiger partial charge in [-0.2, -0.15) is 0 Å². The summed E-state index contributed by atoms with van der Waals surface area (Å²) in [6, 6.07) is 10.7. The van der Waals surface area contributed by atoms with Crippen molar-refractivity contribution in [2.24, 2.45) is 0 Å². The Hall–Kier alpha value is -2.56. The minimum atomic E-state index is -0.955. The van der Waals surface area contributed by atoms with Crippen LogP contribution in [0.4, 0.5) is 0 Å². The lowest BCUT2D eigenvalue weighted by Gasteiger charge is -2.13. The number of hydrogen-bond acceptors (Lipinski definition) is 5. The lowest BCUT2D eigenvalue weighted by Crippen LogP contribution is -2.25. The molecule has 2 aromatic carbocycles. The monoisotopic (exact) mass is 288 g/mol. The first-order chi connectivity index (χ1) is 10.1. The highest BCUT2D eigenvalue weighted by Crippen LogP contribution is 2.28. The molecular weight excluding hydrogens is 272 g/mol. The van der Waals surface area contributed by atoms with Gasteiger partial charge in [0.1, 0.15) is 5.75 Å². The lowest BCUT2D eigenvalue weighted by atomic mass is 10.0. The van der Waals surface area contributed by atoms with E-state index in [1.54, 1.807) is 25.3 Å². The molecule has 0 spiro atoms. The summed E-state index contributed by atoms with van der Waals surface area (Å²) in [6.07, 6.45) is -0.955. The molecule has 0 aliphatic rings. The minimum absolute atomic E-state index is 0.377. The molecular formula is C16H16O5. The fraction of sp³-hybridized carbons (Fsp3) is 0.250. The molecule has 1 atom stereocenters. The van der Waals surface area contributed by atoms with Crippen molar-refractivity contribution in [3.8, 4) is 5.75 Å². The van der Waals surface area contributed by atoms with Gasteiger partial charge in [0.25, 0.3) is 0 Å². The average Bonchev–Trinajstić information content (AvgIpc) is 2.52. The summed E-state index contributed by atoms with van der Waals surface area (Å²) in [4.78, 5) is 23.5. The van der Waals surface area contributed by atoms with E-state index in [1.165, 1.54) is 14.0 Å². The fourth-order valence-corrected chi connectivity index (χ4v) is 2.07. The Morgan fingerprint density at radius 2 is 1.67 bits per heavy atom. The molecule has 0 aromatic heterocycles. The molecule has 5 heteroatoms. The SMILES string of the molecule is COC(=O)[C@H](C)OC(=O)c1ccc(OC)c2ccccc12. The number of benzene rings is 2. The van der Waals surface area contributed by atoms with Crippen LogP contribution in [0.1, 0.15) is 17.3 Å². The molecule has 110 valence electrons. The minimum Gasteiger partial charge on any atom is -0.496 e. The highest BCUT2D eigenvalue weighted by molar-refractivity contribution is 6.06. The molecule has 0 aliphatic carbocycles. The number of fused-ring (bicyclic) bond motifs is 1. The van der Waals surface area contributed by atoms with E-state index in [4.69, 9.17) is 9.47 Å². The van der Waals surface area contributed by atoms with Gasteiger partial charge in [-0.05, 0) is 24.4 Å². The van der Waals surface area contributed by atoms with Crippen LogP contribution in [0.25, 0.3) is 10.8 Å². The Kier molecular flexibility index (Phi) is 4.42. The maximum absolute atomic E-state index is 12.2. The number of ether oxygens (including phenoxy) is 3. The van der Waals surface area contributed by atoms with Crippen LogP contribution in [0.2, 0.25) is 0 Å². The van der Waals surface area contributed by atoms with Gasteiger partial charge in [0, 0.05) is 5.39 Å². The number of carbonyl (C=O) groups is 2. The van der Waals surface area contributed by atoms with Crippen LogP contribution in [0.5, 0.6) is 5.75 Å². The molecule has 0 unspecified atom stereocenters. The summed E-state index contributed by atoms with van der Waals surface area (Å²) in [5.41, 5.74) is 0.377. The normalized spacial score (nSPS) is 11.8. The summed E-state index contributed by atoms with van der Waals surface area (Å²) in [7, 11) is 2.81. The van der Waals surface area contributed by atoms with Gasteiger partial charge >= 0.3 is 11.9 Å². The van der Waals surface area contributed by atoms with Gasteiger partial charge in [-0.1, -0.05) is 24.3 Å². The number of rotatable bonds is 4. The largest absolute Gasteiger partial charge is 0.496 e. The first kappa shape index (κ1) is 14.8. The van der Waals surface area contributed by atoms with Crippen LogP contribution in [-0.4, -0.2) is 32.3 Å². The predicted molar refractivity (Wildman–Crippen MR) is 77.4 cm³/mol. The maximum atomic E-state index is 12.2. The average molecular weight is 288 g/mol. The molecule has 0 N–H and O–H groups in total. The molecule has 0 saturated carbocycles. The van der Waals surface area contributed by atoms with Crippen LogP contribution >= 0.6 is 0 Å². The fourth-order valence-electron chi connectivity index (χ4n) is 2.07. The van der Waals surface area contributed by atoms with Crippen molar-refractivity contribution >= 4 is 22.7 Å². The zero-order chi connectivity index (χ0) is 15.4. The van der Waals surface area contributed by atoms with Crippen molar-refractivity contribution in [2.75, 3.05) is 14.2 Å². The topological polar surface area (TPSA) is 61.8 Å². The summed E-state index contributed by atoms with van der Waals surface area (Å²) in [5.74, 6) is -0.504. The number of carbonyl (C=O) groups excluding carboxylic acids is 2. The lowest BCUT2D eigenvalue weighted by molar-refractivity contribution is -0.149. The van der Waals surface area contributed by atoms with Crippen molar-refractivity contribution in [1.82, 2.24) is 0 Å². The van der Waals surface area contributed by atoms with Gasteiger partial charge < -0.3 is 14.2 Å². The van der Waals surface area contributed by atoms with Crippen LogP contribution in [0.3, 0.4) is 0 Å². The van der Waals surface area contributed by atoms with Crippen LogP contribution in [-0.2, 0) is 14.3 Å². The van der Waals surface area contributed by atoms with E-state index in [0.29, 0.717) is 16.7 Å². The summed E-state index contributed by atoms with van der Waals surface area (Å²) >= 11 is 0. The molecule has 0 amide bonds. The summed E-state index contributed by atoms with van der Waals surface area (Å²) < 4.78 is 14.9. The van der Waals surface area contributed by atoms with Gasteiger partial charge in [0.05, 0.1) is 19.8 Å². The maximum Gasteiger partial charge on any atom is 0.346 e. The highest BCUT2D eigenvalue weighted by atomic mass is 16.6. The molecule has 0 heterocycles. The highest BCUT2D eigenvalue weighted by Gasteiger charge is 2.21. The van der Waals surface area contributed by atoms with Gasteiger partial charge in [-0.25, -0.2) is 9.59 Å². The van der Waals surface area contributed by atoms with E-state index in [9.17, 15) is 9.59 Å². The number of esters is 2. The Balaban J connectivity index is 2.38. The van der Waals surface area contributed by atoms with Crippen LogP contribution < -0.4 is 4.74 Å². The molecule has 0 saturated heterocycles. The zero-order valence-electron chi connectivity index (χ0n) is 12.1. The quantitative estimate of drug-likeness (QED) is 0.809. The Morgan fingerprint density at radius 1 is 1.00 bits per heavy atom. The van der Waals surface area contributed by atoms with Gasteiger partial charge in [-0.3, -0.25) is 0 Å². The number of methoxy groups -OCH3 is 2. The van der Waals surface area contributed by atoms with E-state index in [0.717, 1.165) is 5.39 Å². The van der Waals surface area contributed by atoms with Crippen molar-refractivity contribution in [1.29, 1.82) is 0 Å². The van der Waals surface area contributed by atoms with Gasteiger partial charge in [0.2, 0.25) is 0 Å². The van der Waals surface area contributed by atoms with Crippen molar-refractivity contribution in [3.63, 3.8) is 0 Å². The van der Waals surface area contributed by atoms with E-state index in [2.05, 4.69) is 4.74 Å². The third-order valence-electron chi connectivity index (χ3n) is 3.14. The van der Waals surface area contributed by atoms with Crippen molar-refractivity contribution < 1.29 is 23.8 Å². The molecule has 2 aromatic rings. The molecule has 0 aliphatic heterocycles. The molecule has 21 heavy (non-hydrogen) atoms. The van der Waals surface area contributed by atoms with Gasteiger partial charge in [-0.15, -0.1) is 0 Å². The van der Waals surface area contributed by atoms with Crippen molar-refractivity contribution in [2.45, 2.75) is 13.0 Å². The van der Waals surface area contributed by atoms with Crippen molar-refractivity contribution in [3.05, 3.63) is 42.0 Å². The Morgan fingerprint density at radius 3 is 2.29 bits per heavy atom.